The van der Waals surface area contributed by atoms with Gasteiger partial charge in [0, 0.05) is 41.3 Å². The van der Waals surface area contributed by atoms with Crippen LogP contribution in [0.2, 0.25) is 0 Å². The van der Waals surface area contributed by atoms with Crippen molar-refractivity contribution < 1.29 is 29.5 Å². The first-order valence-corrected chi connectivity index (χ1v) is 16.1. The van der Waals surface area contributed by atoms with E-state index in [4.69, 9.17) is 14.7 Å². The molecule has 5 rings (SSSR count). The predicted molar refractivity (Wildman–Crippen MR) is 193 cm³/mol. The van der Waals surface area contributed by atoms with Crippen LogP contribution in [0.3, 0.4) is 0 Å². The van der Waals surface area contributed by atoms with E-state index < -0.39 is 4.92 Å². The minimum Gasteiger partial charge on any atom is -0.496 e. The van der Waals surface area contributed by atoms with Crippen LogP contribution in [0.15, 0.2) is 126 Å². The number of methoxy groups -OCH3 is 1. The lowest BCUT2D eigenvalue weighted by Gasteiger charge is -2.20. The molecule has 1 unspecified atom stereocenters. The molecule has 0 spiro atoms. The van der Waals surface area contributed by atoms with Crippen LogP contribution >= 0.6 is 0 Å². The van der Waals surface area contributed by atoms with Gasteiger partial charge in [-0.15, -0.1) is 0 Å². The van der Waals surface area contributed by atoms with Gasteiger partial charge in [0.2, 0.25) is 5.91 Å². The van der Waals surface area contributed by atoms with Crippen LogP contribution < -0.4 is 14.8 Å². The van der Waals surface area contributed by atoms with Crippen molar-refractivity contribution in [3.63, 3.8) is 0 Å². The highest BCUT2D eigenvalue weighted by Gasteiger charge is 2.17. The molecule has 0 saturated heterocycles. The van der Waals surface area contributed by atoms with Crippen LogP contribution in [0.1, 0.15) is 57.8 Å². The molecule has 10 nitrogen and oxygen atoms in total. The van der Waals surface area contributed by atoms with Crippen LogP contribution in [0, 0.1) is 24.0 Å². The van der Waals surface area contributed by atoms with E-state index in [1.807, 2.05) is 68.4 Å². The monoisotopic (exact) mass is 675 g/mol. The molecule has 5 aromatic rings. The van der Waals surface area contributed by atoms with Crippen molar-refractivity contribution >= 4 is 17.3 Å². The molecule has 1 atom stereocenters. The molecular weight excluding hydrogens is 634 g/mol. The number of amides is 1. The number of carbonyl (C=O) groups excluding carboxylic acids is 1. The third kappa shape index (κ3) is 10.5. The second kappa shape index (κ2) is 18.5. The summed E-state index contributed by atoms with van der Waals surface area (Å²) < 4.78 is 11.0. The number of non-ortho nitro benzene ring substituents is 1. The van der Waals surface area contributed by atoms with E-state index in [1.54, 1.807) is 37.4 Å². The summed E-state index contributed by atoms with van der Waals surface area (Å²) in [5, 5.41) is 35.5. The molecule has 0 aliphatic carbocycles. The number of rotatable bonds is 13. The molecule has 258 valence electrons. The number of oxime groups is 1. The maximum absolute atomic E-state index is 12.6. The van der Waals surface area contributed by atoms with E-state index >= 15 is 0 Å². The van der Waals surface area contributed by atoms with E-state index in [-0.39, 0.29) is 24.2 Å². The lowest BCUT2D eigenvalue weighted by Crippen LogP contribution is -2.29. The Labute approximate surface area is 291 Å². The van der Waals surface area contributed by atoms with E-state index in [1.165, 1.54) is 17.7 Å². The molecule has 3 N–H and O–H groups in total. The number of aliphatic hydroxyl groups is 1. The number of carbonyl (C=O) groups is 1. The van der Waals surface area contributed by atoms with Crippen molar-refractivity contribution in [2.75, 3.05) is 13.7 Å². The zero-order valence-electron chi connectivity index (χ0n) is 28.3. The van der Waals surface area contributed by atoms with Crippen LogP contribution in [0.5, 0.6) is 11.5 Å². The fourth-order valence-corrected chi connectivity index (χ4v) is 5.10. The average molecular weight is 676 g/mol. The number of aliphatic hydroxyl groups excluding tert-OH is 1. The summed E-state index contributed by atoms with van der Waals surface area (Å²) in [4.78, 5) is 22.8. The first kappa shape index (κ1) is 36.8. The molecular formula is C40H41N3O7. The zero-order valence-corrected chi connectivity index (χ0v) is 28.3. The Bertz CT molecular complexity index is 1860. The van der Waals surface area contributed by atoms with Gasteiger partial charge in [-0.2, -0.15) is 0 Å². The fraction of sp³-hybridized carbons (Fsp3) is 0.200. The van der Waals surface area contributed by atoms with Crippen molar-refractivity contribution in [2.45, 2.75) is 39.3 Å². The highest BCUT2D eigenvalue weighted by Crippen LogP contribution is 2.25. The van der Waals surface area contributed by atoms with Crippen molar-refractivity contribution in [1.29, 1.82) is 0 Å². The number of nitrogens with one attached hydrogen (secondary N) is 1. The number of hydrogen-bond acceptors (Lipinski definition) is 8. The topological polar surface area (TPSA) is 144 Å². The summed E-state index contributed by atoms with van der Waals surface area (Å²) in [5.74, 6) is 1.21. The normalized spacial score (nSPS) is 11.5. The summed E-state index contributed by atoms with van der Waals surface area (Å²) in [6, 6.07) is 36.7. The number of nitro benzene ring substituents is 1. The van der Waals surface area contributed by atoms with Gasteiger partial charge in [-0.1, -0.05) is 95.1 Å². The summed E-state index contributed by atoms with van der Waals surface area (Å²) >= 11 is 0. The van der Waals surface area contributed by atoms with Crippen molar-refractivity contribution in [3.05, 3.63) is 170 Å². The van der Waals surface area contributed by atoms with Gasteiger partial charge < -0.3 is 25.1 Å². The van der Waals surface area contributed by atoms with Gasteiger partial charge in [0.15, 0.2) is 0 Å². The molecule has 0 radical (unpaired) electrons. The van der Waals surface area contributed by atoms with Gasteiger partial charge in [-0.05, 0) is 55.7 Å². The summed E-state index contributed by atoms with van der Waals surface area (Å²) in [6.07, 6.45) is 0.951. The van der Waals surface area contributed by atoms with E-state index in [9.17, 15) is 20.0 Å². The van der Waals surface area contributed by atoms with Crippen molar-refractivity contribution in [2.24, 2.45) is 5.16 Å². The molecule has 1 amide bonds. The molecule has 10 heteroatoms. The summed E-state index contributed by atoms with van der Waals surface area (Å²) in [7, 11) is 1.56. The second-order valence-corrected chi connectivity index (χ2v) is 11.5. The number of ether oxygens (including phenoxy) is 2. The molecule has 0 fully saturated rings. The van der Waals surface area contributed by atoms with Crippen LogP contribution in [-0.2, 0) is 11.4 Å². The Morgan fingerprint density at radius 3 is 1.98 bits per heavy atom. The smallest absolute Gasteiger partial charge is 0.269 e. The highest BCUT2D eigenvalue weighted by molar-refractivity contribution is 6.12. The first-order valence-electron chi connectivity index (χ1n) is 16.1. The Hall–Kier alpha value is -6.00. The average Bonchev–Trinajstić information content (AvgIpc) is 3.14. The molecule has 0 aromatic heterocycles. The molecule has 0 bridgehead atoms. The van der Waals surface area contributed by atoms with Gasteiger partial charge in [0.05, 0.1) is 31.3 Å². The van der Waals surface area contributed by atoms with E-state index in [2.05, 4.69) is 34.7 Å². The maximum atomic E-state index is 12.6. The number of hydrogen-bond donors (Lipinski definition) is 3. The van der Waals surface area contributed by atoms with Gasteiger partial charge in [0.1, 0.15) is 17.2 Å². The number of benzene rings is 5. The highest BCUT2D eigenvalue weighted by atomic mass is 16.6. The summed E-state index contributed by atoms with van der Waals surface area (Å²) in [6.45, 7) is 4.33. The van der Waals surface area contributed by atoms with E-state index in [0.29, 0.717) is 47.8 Å². The molecule has 0 aliphatic heterocycles. The minimum atomic E-state index is -0.467. The lowest BCUT2D eigenvalue weighted by atomic mass is 9.97. The fourth-order valence-electron chi connectivity index (χ4n) is 5.10. The number of nitro groups is 1. The quantitative estimate of drug-likeness (QED) is 0.0382. The van der Waals surface area contributed by atoms with Gasteiger partial charge in [0.25, 0.3) is 5.69 Å². The largest absolute Gasteiger partial charge is 0.496 e. The molecule has 50 heavy (non-hydrogen) atoms. The predicted octanol–water partition coefficient (Wildman–Crippen LogP) is 7.69. The zero-order chi connectivity index (χ0) is 35.9. The maximum Gasteiger partial charge on any atom is 0.269 e. The van der Waals surface area contributed by atoms with Crippen molar-refractivity contribution in [3.8, 4) is 11.5 Å². The second-order valence-electron chi connectivity index (χ2n) is 11.5. The van der Waals surface area contributed by atoms with Crippen LogP contribution in [0.25, 0.3) is 0 Å². The number of aryl methyl sites for hydroxylation is 2. The minimum absolute atomic E-state index is 0.00458. The lowest BCUT2D eigenvalue weighted by molar-refractivity contribution is -0.384. The Morgan fingerprint density at radius 2 is 1.42 bits per heavy atom. The SMILES string of the molecule is COc1cc(OCCCC(=O)NC(c2ccccc2)c2ccc(C)cc2)ccc1CO.Cc1ccc(/C(=N/O)c2ccc([N+](=O)[O-])cc2)cc1. The van der Waals surface area contributed by atoms with E-state index in [0.717, 1.165) is 22.3 Å². The van der Waals surface area contributed by atoms with Crippen LogP contribution in [-0.4, -0.2) is 40.6 Å². The van der Waals surface area contributed by atoms with Gasteiger partial charge in [-0.3, -0.25) is 14.9 Å². The molecule has 0 aliphatic rings. The van der Waals surface area contributed by atoms with Crippen molar-refractivity contribution in [1.82, 2.24) is 5.32 Å². The third-order valence-corrected chi connectivity index (χ3v) is 7.87. The molecule has 5 aromatic carbocycles. The standard InChI is InChI=1S/C26H29NO4.C14H12N2O3/c1-19-10-12-21(13-11-19)26(20-7-4-3-5-8-20)27-25(29)9-6-16-31-23-15-14-22(18-28)24(17-23)30-2;1-10-2-4-11(5-3-10)14(15-17)12-6-8-13(9-7-12)16(18)19/h3-5,7-8,10-15,17,26,28H,6,9,16,18H2,1-2H3,(H,27,29);2-9,17H,1H3/b;15-14-. The van der Waals surface area contributed by atoms with Gasteiger partial charge >= 0.3 is 0 Å². The van der Waals surface area contributed by atoms with Gasteiger partial charge in [-0.25, -0.2) is 0 Å². The third-order valence-electron chi connectivity index (χ3n) is 7.87. The first-order chi connectivity index (χ1) is 24.2. The Balaban J connectivity index is 0.000000252. The molecule has 0 heterocycles. The Morgan fingerprint density at radius 1 is 0.840 bits per heavy atom. The summed E-state index contributed by atoms with van der Waals surface area (Å²) in [5.41, 5.74) is 6.85. The molecule has 0 saturated carbocycles. The number of nitrogens with zero attached hydrogens (tertiary/aromatic N) is 2. The van der Waals surface area contributed by atoms with Crippen LogP contribution in [0.4, 0.5) is 5.69 Å². The Kier molecular flexibility index (Phi) is 13.6.